The topological polar surface area (TPSA) is 236 Å². The number of thioether (sulfide) groups is 2. The predicted molar refractivity (Wildman–Crippen MR) is 152 cm³/mol. The van der Waals surface area contributed by atoms with E-state index >= 15 is 0 Å². The van der Waals surface area contributed by atoms with E-state index < -0.39 is 65.2 Å². The molecule has 228 valence electrons. The Labute approximate surface area is 244 Å². The molecule has 41 heavy (non-hydrogen) atoms. The number of aromatic nitrogens is 4. The van der Waals surface area contributed by atoms with Gasteiger partial charge in [0.05, 0.1) is 47.6 Å². The first-order chi connectivity index (χ1) is 19.2. The van der Waals surface area contributed by atoms with Crippen molar-refractivity contribution >= 4 is 49.5 Å². The van der Waals surface area contributed by atoms with E-state index in [0.717, 1.165) is 23.5 Å². The summed E-state index contributed by atoms with van der Waals surface area (Å²) in [6.07, 6.45) is 3.98. The smallest absolute Gasteiger partial charge is 0.310 e. The zero-order valence-corrected chi connectivity index (χ0v) is 25.3. The number of methoxy groups -OCH3 is 2. The molecule has 0 saturated heterocycles. The summed E-state index contributed by atoms with van der Waals surface area (Å²) in [6, 6.07) is 0. The molecule has 4 N–H and O–H groups in total. The summed E-state index contributed by atoms with van der Waals surface area (Å²) in [6.45, 7) is 0. The highest BCUT2D eigenvalue weighted by Gasteiger charge is 2.42. The number of hydrogen-bond donors (Lipinski definition) is 4. The summed E-state index contributed by atoms with van der Waals surface area (Å²) in [7, 11) is -6.07. The maximum Gasteiger partial charge on any atom is 0.310 e. The van der Waals surface area contributed by atoms with Crippen molar-refractivity contribution in [1.29, 1.82) is 0 Å². The summed E-state index contributed by atoms with van der Waals surface area (Å²) in [5, 5.41) is -1.47. The summed E-state index contributed by atoms with van der Waals surface area (Å²) in [4.78, 5) is 51.6. The lowest BCUT2D eigenvalue weighted by atomic mass is 9.76. The number of ether oxygens (including phenoxy) is 2. The van der Waals surface area contributed by atoms with Gasteiger partial charge in [0.1, 0.15) is 5.78 Å². The van der Waals surface area contributed by atoms with Crippen LogP contribution in [0.3, 0.4) is 0 Å². The van der Waals surface area contributed by atoms with Gasteiger partial charge in [0.2, 0.25) is 0 Å². The predicted octanol–water partition coefficient (Wildman–Crippen LogP) is 0.880. The normalized spacial score (nSPS) is 19.5. The minimum Gasteiger partial charge on any atom is -0.477 e. The Morgan fingerprint density at radius 3 is 1.56 bits per heavy atom. The second kappa shape index (κ2) is 14.1. The highest BCUT2D eigenvalue weighted by atomic mass is 32.2. The molecule has 0 bridgehead atoms. The molecule has 1 aliphatic rings. The van der Waals surface area contributed by atoms with E-state index in [1.165, 1.54) is 26.6 Å². The monoisotopic (exact) mass is 654 g/mol. The van der Waals surface area contributed by atoms with Gasteiger partial charge in [-0.2, -0.15) is 40.4 Å². The third-order valence-corrected chi connectivity index (χ3v) is 11.0. The third kappa shape index (κ3) is 9.27. The summed E-state index contributed by atoms with van der Waals surface area (Å²) in [5.74, 6) is -3.49. The molecule has 4 unspecified atom stereocenters. The van der Waals surface area contributed by atoms with Crippen molar-refractivity contribution in [1.82, 2.24) is 19.9 Å². The Hall–Kier alpha value is -2.45. The van der Waals surface area contributed by atoms with Crippen molar-refractivity contribution in [3.63, 3.8) is 0 Å². The van der Waals surface area contributed by atoms with Crippen molar-refractivity contribution in [3.05, 3.63) is 44.5 Å². The second-order valence-corrected chi connectivity index (χ2v) is 14.7. The van der Waals surface area contributed by atoms with Gasteiger partial charge in [0.25, 0.3) is 32.0 Å². The van der Waals surface area contributed by atoms with Gasteiger partial charge >= 0.3 is 11.1 Å². The van der Waals surface area contributed by atoms with Gasteiger partial charge in [-0.05, 0) is 12.8 Å². The molecule has 0 spiro atoms. The molecule has 2 aromatic heterocycles. The highest BCUT2D eigenvalue weighted by Crippen LogP contribution is 2.48. The quantitative estimate of drug-likeness (QED) is 0.207. The Balaban J connectivity index is 2.00. The van der Waals surface area contributed by atoms with E-state index in [4.69, 9.17) is 9.47 Å². The first kappa shape index (κ1) is 33.1. The Morgan fingerprint density at radius 2 is 1.22 bits per heavy atom. The van der Waals surface area contributed by atoms with Crippen LogP contribution in [0.1, 0.15) is 41.2 Å². The molecule has 1 aliphatic carbocycles. The third-order valence-electron chi connectivity index (χ3n) is 6.29. The van der Waals surface area contributed by atoms with Gasteiger partial charge in [-0.15, -0.1) is 0 Å². The van der Waals surface area contributed by atoms with Crippen LogP contribution in [0.2, 0.25) is 0 Å². The molecule has 4 atom stereocenters. The molecule has 0 radical (unpaired) electrons. The first-order valence-electron chi connectivity index (χ1n) is 12.2. The van der Waals surface area contributed by atoms with Crippen LogP contribution in [0.15, 0.2) is 22.0 Å². The fraction of sp³-hybridized carbons (Fsp3) is 0.591. The molecule has 3 rings (SSSR count). The van der Waals surface area contributed by atoms with E-state index in [0.29, 0.717) is 19.3 Å². The number of carbonyl (C=O) groups excluding carboxylic acids is 1. The van der Waals surface area contributed by atoms with Crippen molar-refractivity contribution in [2.45, 2.75) is 29.8 Å². The molecule has 2 heterocycles. The molecule has 1 saturated carbocycles. The summed E-state index contributed by atoms with van der Waals surface area (Å²) in [5.41, 5.74) is -0.668. The fourth-order valence-electron chi connectivity index (χ4n) is 4.47. The minimum atomic E-state index is -4.29. The molecule has 2 aromatic rings. The molecule has 0 aromatic carbocycles. The van der Waals surface area contributed by atoms with E-state index in [-0.39, 0.29) is 40.4 Å². The lowest BCUT2D eigenvalue weighted by Gasteiger charge is -2.36. The van der Waals surface area contributed by atoms with Crippen LogP contribution in [0.5, 0.6) is 11.8 Å². The lowest BCUT2D eigenvalue weighted by molar-refractivity contribution is -0.129. The lowest BCUT2D eigenvalue weighted by Crippen LogP contribution is -2.36. The highest BCUT2D eigenvalue weighted by molar-refractivity contribution is 8.00. The minimum absolute atomic E-state index is 0.0771. The number of nitrogens with zero attached hydrogens (tertiary/aromatic N) is 2. The van der Waals surface area contributed by atoms with Crippen LogP contribution in [-0.4, -0.2) is 88.9 Å². The standard InChI is InChI=1S/C22H30N4O11S4/c1-36-21-19(28)23-10-14(25-21)17(38-6-8-40(30,31)32)12-4-3-5-13(16(12)27)18(39-7-9-41(33,34)35)15-11-24-20(29)22(26-15)37-2/h10-13,17-18H,3-9H2,1-2H3,(H,23,28)(H,24,29)(H,30,31,32)(H,33,34,35). The van der Waals surface area contributed by atoms with E-state index in [9.17, 15) is 40.3 Å². The Kier molecular flexibility index (Phi) is 11.4. The van der Waals surface area contributed by atoms with E-state index in [2.05, 4.69) is 19.9 Å². The first-order valence-corrected chi connectivity index (χ1v) is 17.5. The Bertz CT molecular complexity index is 1450. The van der Waals surface area contributed by atoms with Gasteiger partial charge < -0.3 is 19.4 Å². The summed E-state index contributed by atoms with van der Waals surface area (Å²) >= 11 is 2.15. The average molecular weight is 655 g/mol. The van der Waals surface area contributed by atoms with Crippen molar-refractivity contribution in [3.8, 4) is 11.8 Å². The number of ketones is 1. The van der Waals surface area contributed by atoms with Crippen LogP contribution >= 0.6 is 23.5 Å². The number of H-pyrrole nitrogens is 2. The molecular formula is C22H30N4O11S4. The molecule has 1 fully saturated rings. The number of carbonyl (C=O) groups is 1. The molecular weight excluding hydrogens is 625 g/mol. The maximum atomic E-state index is 14.1. The maximum absolute atomic E-state index is 14.1. The fourth-order valence-corrected chi connectivity index (χ4v) is 9.02. The van der Waals surface area contributed by atoms with Crippen LogP contribution < -0.4 is 20.6 Å². The largest absolute Gasteiger partial charge is 0.477 e. The second-order valence-electron chi connectivity index (χ2n) is 9.03. The number of nitrogens with one attached hydrogen (secondary N) is 2. The molecule has 0 amide bonds. The van der Waals surface area contributed by atoms with Crippen LogP contribution in [0.4, 0.5) is 0 Å². The zero-order valence-electron chi connectivity index (χ0n) is 22.0. The van der Waals surface area contributed by atoms with Gasteiger partial charge in [-0.1, -0.05) is 6.42 Å². The SMILES string of the molecule is COc1nc(C(SCCS(=O)(=O)O)C2CCCC(C(SCCS(=O)(=O)O)c3c[nH]c(=O)c(OC)n3)C2=O)c[nH]c1=O. The average Bonchev–Trinajstić information content (AvgIpc) is 2.90. The van der Waals surface area contributed by atoms with Gasteiger partial charge in [0, 0.05) is 35.7 Å². The van der Waals surface area contributed by atoms with Crippen LogP contribution in [0.25, 0.3) is 0 Å². The number of Topliss-reactive ketones (excluding diaryl/α,β-unsaturated/α-hetero) is 1. The van der Waals surface area contributed by atoms with Crippen LogP contribution in [-0.2, 0) is 25.0 Å². The molecule has 15 nitrogen and oxygen atoms in total. The van der Waals surface area contributed by atoms with E-state index in [1.807, 2.05) is 0 Å². The number of hydrogen-bond acceptors (Lipinski definition) is 13. The molecule has 0 aliphatic heterocycles. The van der Waals surface area contributed by atoms with Crippen molar-refractivity contribution < 1.29 is 40.2 Å². The van der Waals surface area contributed by atoms with Crippen molar-refractivity contribution in [2.75, 3.05) is 37.2 Å². The zero-order chi connectivity index (χ0) is 30.4. The number of aromatic amines is 2. The van der Waals surface area contributed by atoms with Gasteiger partial charge in [-0.3, -0.25) is 23.5 Å². The number of rotatable bonds is 14. The van der Waals surface area contributed by atoms with Gasteiger partial charge in [-0.25, -0.2) is 9.97 Å². The van der Waals surface area contributed by atoms with Crippen LogP contribution in [0, 0.1) is 11.8 Å². The van der Waals surface area contributed by atoms with Gasteiger partial charge in [0.15, 0.2) is 0 Å². The summed E-state index contributed by atoms with van der Waals surface area (Å²) < 4.78 is 74.0. The van der Waals surface area contributed by atoms with Crippen molar-refractivity contribution in [2.24, 2.45) is 11.8 Å². The molecule has 19 heteroatoms. The van der Waals surface area contributed by atoms with E-state index in [1.54, 1.807) is 0 Å². The Morgan fingerprint density at radius 1 is 0.829 bits per heavy atom.